The van der Waals surface area contributed by atoms with Crippen molar-refractivity contribution in [2.75, 3.05) is 14.2 Å². The molecule has 0 spiro atoms. The SMILES string of the molecule is C#CC(C)(C)N(C)S(=O)(=O)c1ccc(OC)cc1[N+](=O)[O-]. The number of hydrogen-bond donors (Lipinski definition) is 0. The Bertz CT molecular complexity index is 704. The second-order valence-corrected chi connectivity index (χ2v) is 6.70. The summed E-state index contributed by atoms with van der Waals surface area (Å²) >= 11 is 0. The molecule has 8 heteroatoms. The molecular weight excluding hydrogens is 296 g/mol. The number of nitro benzene ring substituents is 1. The van der Waals surface area contributed by atoms with Crippen LogP contribution in [-0.2, 0) is 10.0 Å². The van der Waals surface area contributed by atoms with Crippen LogP contribution in [0.3, 0.4) is 0 Å². The van der Waals surface area contributed by atoms with Gasteiger partial charge in [-0.3, -0.25) is 10.1 Å². The minimum absolute atomic E-state index is 0.194. The number of nitro groups is 1. The number of ether oxygens (including phenoxy) is 1. The van der Waals surface area contributed by atoms with Gasteiger partial charge in [-0.1, -0.05) is 5.92 Å². The molecule has 0 radical (unpaired) electrons. The van der Waals surface area contributed by atoms with E-state index in [0.29, 0.717) is 0 Å². The molecule has 0 amide bonds. The van der Waals surface area contributed by atoms with Crippen molar-refractivity contribution >= 4 is 15.7 Å². The zero-order valence-corrected chi connectivity index (χ0v) is 13.0. The van der Waals surface area contributed by atoms with Crippen LogP contribution in [0.4, 0.5) is 5.69 Å². The van der Waals surface area contributed by atoms with Crippen molar-refractivity contribution in [2.45, 2.75) is 24.3 Å². The summed E-state index contributed by atoms with van der Waals surface area (Å²) in [5, 5.41) is 11.1. The predicted molar refractivity (Wildman–Crippen MR) is 77.5 cm³/mol. The first-order valence-electron chi connectivity index (χ1n) is 5.87. The first kappa shape index (κ1) is 16.9. The highest BCUT2D eigenvalue weighted by Gasteiger charge is 2.37. The van der Waals surface area contributed by atoms with E-state index in [4.69, 9.17) is 11.2 Å². The second-order valence-electron chi connectivity index (χ2n) is 4.77. The van der Waals surface area contributed by atoms with Crippen molar-refractivity contribution in [3.8, 4) is 18.1 Å². The van der Waals surface area contributed by atoms with Crippen LogP contribution in [0.15, 0.2) is 23.1 Å². The average Bonchev–Trinajstić information content (AvgIpc) is 2.45. The van der Waals surface area contributed by atoms with Crippen LogP contribution in [0.25, 0.3) is 0 Å². The van der Waals surface area contributed by atoms with E-state index in [9.17, 15) is 18.5 Å². The maximum atomic E-state index is 12.5. The van der Waals surface area contributed by atoms with Gasteiger partial charge < -0.3 is 4.74 Å². The molecule has 0 bridgehead atoms. The zero-order valence-electron chi connectivity index (χ0n) is 12.2. The van der Waals surface area contributed by atoms with Gasteiger partial charge >= 0.3 is 0 Å². The lowest BCUT2D eigenvalue weighted by Gasteiger charge is -2.29. The molecule has 0 aliphatic rings. The minimum Gasteiger partial charge on any atom is -0.497 e. The Morgan fingerprint density at radius 1 is 1.43 bits per heavy atom. The first-order valence-corrected chi connectivity index (χ1v) is 7.31. The summed E-state index contributed by atoms with van der Waals surface area (Å²) in [7, 11) is -1.50. The Kier molecular flexibility index (Phi) is 4.61. The van der Waals surface area contributed by atoms with E-state index in [2.05, 4.69) is 5.92 Å². The Balaban J connectivity index is 3.53. The summed E-state index contributed by atoms with van der Waals surface area (Å²) in [6.07, 6.45) is 5.32. The average molecular weight is 312 g/mol. The van der Waals surface area contributed by atoms with Crippen LogP contribution in [0, 0.1) is 22.5 Å². The molecule has 0 N–H and O–H groups in total. The lowest BCUT2D eigenvalue weighted by Crippen LogP contribution is -2.43. The summed E-state index contributed by atoms with van der Waals surface area (Å²) in [5.41, 5.74) is -1.68. The van der Waals surface area contributed by atoms with Crippen molar-refractivity contribution < 1.29 is 18.1 Å². The van der Waals surface area contributed by atoms with Gasteiger partial charge in [-0.05, 0) is 26.0 Å². The highest BCUT2D eigenvalue weighted by Crippen LogP contribution is 2.32. The van der Waals surface area contributed by atoms with Gasteiger partial charge in [-0.25, -0.2) is 8.42 Å². The number of benzene rings is 1. The van der Waals surface area contributed by atoms with E-state index in [1.807, 2.05) is 0 Å². The van der Waals surface area contributed by atoms with Gasteiger partial charge in [0.2, 0.25) is 0 Å². The fourth-order valence-electron chi connectivity index (χ4n) is 1.52. The Morgan fingerprint density at radius 3 is 2.43 bits per heavy atom. The van der Waals surface area contributed by atoms with Gasteiger partial charge in [0.05, 0.1) is 23.6 Å². The lowest BCUT2D eigenvalue weighted by molar-refractivity contribution is -0.387. The third kappa shape index (κ3) is 3.15. The molecule has 0 unspecified atom stereocenters. The maximum absolute atomic E-state index is 12.5. The Labute approximate surface area is 123 Å². The van der Waals surface area contributed by atoms with E-state index in [1.54, 1.807) is 0 Å². The molecule has 21 heavy (non-hydrogen) atoms. The Morgan fingerprint density at radius 2 is 2.00 bits per heavy atom. The molecule has 0 aliphatic carbocycles. The number of rotatable bonds is 5. The number of sulfonamides is 1. The maximum Gasteiger partial charge on any atom is 0.293 e. The van der Waals surface area contributed by atoms with E-state index in [0.717, 1.165) is 16.4 Å². The summed E-state index contributed by atoms with van der Waals surface area (Å²) in [6, 6.07) is 3.54. The van der Waals surface area contributed by atoms with E-state index >= 15 is 0 Å². The number of terminal acetylenes is 1. The molecule has 1 aromatic rings. The molecule has 0 aromatic heterocycles. The number of hydrogen-bond acceptors (Lipinski definition) is 5. The zero-order chi connectivity index (χ0) is 16.4. The van der Waals surface area contributed by atoms with Gasteiger partial charge in [-0.2, -0.15) is 4.31 Å². The molecule has 1 aromatic carbocycles. The molecule has 1 rings (SSSR count). The monoisotopic (exact) mass is 312 g/mol. The fourth-order valence-corrected chi connectivity index (χ4v) is 3.11. The summed E-state index contributed by atoms with van der Waals surface area (Å²) in [4.78, 5) is 9.90. The molecule has 0 heterocycles. The largest absolute Gasteiger partial charge is 0.497 e. The predicted octanol–water partition coefficient (Wildman–Crippen LogP) is 1.64. The second kappa shape index (κ2) is 5.71. The fraction of sp³-hybridized carbons (Fsp3) is 0.385. The van der Waals surface area contributed by atoms with Crippen LogP contribution in [0.2, 0.25) is 0 Å². The van der Waals surface area contributed by atoms with Crippen LogP contribution >= 0.6 is 0 Å². The molecule has 0 atom stereocenters. The summed E-state index contributed by atoms with van der Waals surface area (Å²) in [5.74, 6) is 2.53. The molecule has 0 fully saturated rings. The number of methoxy groups -OCH3 is 1. The molecule has 7 nitrogen and oxygen atoms in total. The number of nitrogens with zero attached hydrogens (tertiary/aromatic N) is 2. The minimum atomic E-state index is -4.12. The third-order valence-electron chi connectivity index (χ3n) is 3.14. The van der Waals surface area contributed by atoms with Crippen LogP contribution in [0.5, 0.6) is 5.75 Å². The van der Waals surface area contributed by atoms with Crippen LogP contribution in [-0.4, -0.2) is 37.3 Å². The third-order valence-corrected chi connectivity index (χ3v) is 5.22. The standard InChI is InChI=1S/C13H16N2O5S/c1-6-13(2,3)14(4)21(18,19)12-8-7-10(20-5)9-11(12)15(16)17/h1,7-9H,2-5H3. The first-order chi connectivity index (χ1) is 9.57. The van der Waals surface area contributed by atoms with Gasteiger partial charge in [0.25, 0.3) is 15.7 Å². The van der Waals surface area contributed by atoms with Crippen molar-refractivity contribution in [2.24, 2.45) is 0 Å². The summed E-state index contributed by atoms with van der Waals surface area (Å²) in [6.45, 7) is 3.06. The molecule has 114 valence electrons. The Hall–Kier alpha value is -2.11. The van der Waals surface area contributed by atoms with Gasteiger partial charge in [0.15, 0.2) is 4.90 Å². The lowest BCUT2D eigenvalue weighted by atomic mass is 10.1. The van der Waals surface area contributed by atoms with Crippen LogP contribution in [0.1, 0.15) is 13.8 Å². The molecule has 0 saturated carbocycles. The van der Waals surface area contributed by atoms with Gasteiger partial charge in [0, 0.05) is 7.05 Å². The van der Waals surface area contributed by atoms with Crippen molar-refractivity contribution in [3.63, 3.8) is 0 Å². The molecule has 0 aliphatic heterocycles. The van der Waals surface area contributed by atoms with Crippen molar-refractivity contribution in [1.29, 1.82) is 0 Å². The van der Waals surface area contributed by atoms with Crippen LogP contribution < -0.4 is 4.74 Å². The highest BCUT2D eigenvalue weighted by molar-refractivity contribution is 7.89. The van der Waals surface area contributed by atoms with Crippen molar-refractivity contribution in [3.05, 3.63) is 28.3 Å². The van der Waals surface area contributed by atoms with E-state index in [-0.39, 0.29) is 5.75 Å². The quantitative estimate of drug-likeness (QED) is 0.468. The molecule has 0 saturated heterocycles. The van der Waals surface area contributed by atoms with Gasteiger partial charge in [-0.15, -0.1) is 6.42 Å². The smallest absolute Gasteiger partial charge is 0.293 e. The van der Waals surface area contributed by atoms with Gasteiger partial charge in [0.1, 0.15) is 5.75 Å². The summed E-state index contributed by atoms with van der Waals surface area (Å²) < 4.78 is 30.9. The van der Waals surface area contributed by atoms with Crippen molar-refractivity contribution in [1.82, 2.24) is 4.31 Å². The molecular formula is C13H16N2O5S. The normalized spacial score (nSPS) is 12.0. The highest BCUT2D eigenvalue weighted by atomic mass is 32.2. The van der Waals surface area contributed by atoms with E-state index < -0.39 is 31.1 Å². The topological polar surface area (TPSA) is 89.8 Å². The van der Waals surface area contributed by atoms with E-state index in [1.165, 1.54) is 34.1 Å².